The zero-order valence-electron chi connectivity index (χ0n) is 11.5. The highest BCUT2D eigenvalue weighted by Gasteiger charge is 2.08. The van der Waals surface area contributed by atoms with Gasteiger partial charge in [-0.15, -0.1) is 22.0 Å². The fourth-order valence-corrected chi connectivity index (χ4v) is 2.56. The second-order valence-corrected chi connectivity index (χ2v) is 5.38. The summed E-state index contributed by atoms with van der Waals surface area (Å²) in [5.74, 6) is 2.67. The molecule has 5 heteroatoms. The highest BCUT2D eigenvalue weighted by atomic mass is 32.2. The topological polar surface area (TPSA) is 48.2 Å². The van der Waals surface area contributed by atoms with E-state index in [9.17, 15) is 0 Å². The van der Waals surface area contributed by atoms with Crippen molar-refractivity contribution in [3.63, 3.8) is 0 Å². The van der Waals surface area contributed by atoms with Crippen LogP contribution in [0.1, 0.15) is 5.89 Å². The number of rotatable bonds is 5. The van der Waals surface area contributed by atoms with Crippen LogP contribution in [0.2, 0.25) is 0 Å². The van der Waals surface area contributed by atoms with E-state index in [0.29, 0.717) is 17.5 Å². The predicted octanol–water partition coefficient (Wildman–Crippen LogP) is 4.04. The van der Waals surface area contributed by atoms with Gasteiger partial charge in [0.15, 0.2) is 0 Å². The van der Waals surface area contributed by atoms with Crippen molar-refractivity contribution in [1.29, 1.82) is 0 Å². The molecule has 3 rings (SSSR count). The van der Waals surface area contributed by atoms with Gasteiger partial charge in [0.25, 0.3) is 0 Å². The van der Waals surface area contributed by atoms with Gasteiger partial charge in [0, 0.05) is 10.5 Å². The second-order valence-electron chi connectivity index (χ2n) is 4.33. The number of hydrogen-bond donors (Lipinski definition) is 0. The molecule has 21 heavy (non-hydrogen) atoms. The molecule has 0 atom stereocenters. The van der Waals surface area contributed by atoms with Gasteiger partial charge in [0.1, 0.15) is 5.75 Å². The third-order valence-corrected chi connectivity index (χ3v) is 3.91. The van der Waals surface area contributed by atoms with Crippen molar-refractivity contribution in [3.8, 4) is 17.2 Å². The Balaban J connectivity index is 1.64. The molecule has 0 unspecified atom stereocenters. The Morgan fingerprint density at radius 3 is 2.48 bits per heavy atom. The summed E-state index contributed by atoms with van der Waals surface area (Å²) in [5, 5.41) is 8.16. The molecule has 0 aliphatic carbocycles. The maximum Gasteiger partial charge on any atom is 0.247 e. The van der Waals surface area contributed by atoms with Crippen molar-refractivity contribution in [1.82, 2.24) is 10.2 Å². The van der Waals surface area contributed by atoms with E-state index in [1.807, 2.05) is 54.6 Å². The highest BCUT2D eigenvalue weighted by Crippen LogP contribution is 2.25. The van der Waals surface area contributed by atoms with Gasteiger partial charge in [-0.25, -0.2) is 0 Å². The first-order valence-electron chi connectivity index (χ1n) is 6.50. The molecule has 0 amide bonds. The van der Waals surface area contributed by atoms with Gasteiger partial charge in [-0.3, -0.25) is 0 Å². The maximum atomic E-state index is 5.67. The predicted molar refractivity (Wildman–Crippen MR) is 82.3 cm³/mol. The molecule has 1 aromatic heterocycles. The second kappa shape index (κ2) is 6.45. The zero-order chi connectivity index (χ0) is 14.5. The third-order valence-electron chi connectivity index (χ3n) is 2.91. The van der Waals surface area contributed by atoms with Gasteiger partial charge < -0.3 is 9.15 Å². The number of ether oxygens (including phenoxy) is 1. The number of nitrogens with zero attached hydrogens (tertiary/aromatic N) is 2. The molecule has 0 saturated heterocycles. The number of methoxy groups -OCH3 is 1. The van der Waals surface area contributed by atoms with Crippen molar-refractivity contribution in [2.45, 2.75) is 10.6 Å². The molecule has 2 aromatic carbocycles. The van der Waals surface area contributed by atoms with E-state index < -0.39 is 0 Å². The van der Waals surface area contributed by atoms with Crippen molar-refractivity contribution in [2.75, 3.05) is 7.11 Å². The SMILES string of the molecule is COc1ccc(SCc2nnc(-c3ccccc3)o2)cc1. The van der Waals surface area contributed by atoms with Crippen LogP contribution in [0.3, 0.4) is 0 Å². The van der Waals surface area contributed by atoms with E-state index in [0.717, 1.165) is 16.2 Å². The lowest BCUT2D eigenvalue weighted by Crippen LogP contribution is -1.83. The van der Waals surface area contributed by atoms with Gasteiger partial charge >= 0.3 is 0 Å². The molecule has 0 aliphatic heterocycles. The summed E-state index contributed by atoms with van der Waals surface area (Å²) in [6.45, 7) is 0. The summed E-state index contributed by atoms with van der Waals surface area (Å²) in [4.78, 5) is 1.13. The molecule has 0 fully saturated rings. The van der Waals surface area contributed by atoms with Crippen LogP contribution >= 0.6 is 11.8 Å². The van der Waals surface area contributed by atoms with Gasteiger partial charge in [-0.05, 0) is 36.4 Å². The van der Waals surface area contributed by atoms with E-state index in [-0.39, 0.29) is 0 Å². The Morgan fingerprint density at radius 1 is 1.00 bits per heavy atom. The minimum absolute atomic E-state index is 0.556. The van der Waals surface area contributed by atoms with Gasteiger partial charge in [-0.1, -0.05) is 18.2 Å². The Morgan fingerprint density at radius 2 is 1.76 bits per heavy atom. The van der Waals surface area contributed by atoms with E-state index in [2.05, 4.69) is 10.2 Å². The molecular weight excluding hydrogens is 284 g/mol. The lowest BCUT2D eigenvalue weighted by molar-refractivity contribution is 0.414. The Kier molecular flexibility index (Phi) is 4.21. The van der Waals surface area contributed by atoms with Crippen molar-refractivity contribution >= 4 is 11.8 Å². The minimum Gasteiger partial charge on any atom is -0.497 e. The fourth-order valence-electron chi connectivity index (χ4n) is 1.83. The summed E-state index contributed by atoms with van der Waals surface area (Å²) >= 11 is 1.65. The van der Waals surface area contributed by atoms with Crippen LogP contribution in [-0.2, 0) is 5.75 Å². The summed E-state index contributed by atoms with van der Waals surface area (Å²) < 4.78 is 10.8. The smallest absolute Gasteiger partial charge is 0.247 e. The molecule has 4 nitrogen and oxygen atoms in total. The fraction of sp³-hybridized carbons (Fsp3) is 0.125. The average Bonchev–Trinajstić information content (AvgIpc) is 3.03. The lowest BCUT2D eigenvalue weighted by atomic mass is 10.2. The monoisotopic (exact) mass is 298 g/mol. The molecule has 0 spiro atoms. The van der Waals surface area contributed by atoms with Crippen molar-refractivity contribution < 1.29 is 9.15 Å². The largest absolute Gasteiger partial charge is 0.497 e. The highest BCUT2D eigenvalue weighted by molar-refractivity contribution is 7.98. The normalized spacial score (nSPS) is 10.5. The number of hydrogen-bond acceptors (Lipinski definition) is 5. The van der Waals surface area contributed by atoms with Crippen LogP contribution in [0.4, 0.5) is 0 Å². The van der Waals surface area contributed by atoms with Crippen LogP contribution in [0, 0.1) is 0 Å². The van der Waals surface area contributed by atoms with Gasteiger partial charge in [0.2, 0.25) is 11.8 Å². The first-order chi connectivity index (χ1) is 10.3. The molecule has 1 heterocycles. The van der Waals surface area contributed by atoms with E-state index in [4.69, 9.17) is 9.15 Å². The molecular formula is C16H14N2O2S. The minimum atomic E-state index is 0.556. The summed E-state index contributed by atoms with van der Waals surface area (Å²) in [6, 6.07) is 17.7. The number of aromatic nitrogens is 2. The van der Waals surface area contributed by atoms with Crippen LogP contribution in [0.15, 0.2) is 63.9 Å². The Labute approximate surface area is 127 Å². The molecule has 0 bridgehead atoms. The van der Waals surface area contributed by atoms with Crippen LogP contribution in [-0.4, -0.2) is 17.3 Å². The van der Waals surface area contributed by atoms with Crippen LogP contribution < -0.4 is 4.74 Å². The Hall–Kier alpha value is -2.27. The zero-order valence-corrected chi connectivity index (χ0v) is 12.3. The van der Waals surface area contributed by atoms with Crippen LogP contribution in [0.5, 0.6) is 5.75 Å². The van der Waals surface area contributed by atoms with Crippen molar-refractivity contribution in [2.24, 2.45) is 0 Å². The molecule has 0 N–H and O–H groups in total. The van der Waals surface area contributed by atoms with E-state index >= 15 is 0 Å². The molecule has 0 aliphatic rings. The number of thioether (sulfide) groups is 1. The molecule has 0 saturated carbocycles. The quantitative estimate of drug-likeness (QED) is 0.665. The van der Waals surface area contributed by atoms with E-state index in [1.54, 1.807) is 18.9 Å². The van der Waals surface area contributed by atoms with Gasteiger partial charge in [-0.2, -0.15) is 0 Å². The first-order valence-corrected chi connectivity index (χ1v) is 7.48. The lowest BCUT2D eigenvalue weighted by Gasteiger charge is -2.01. The maximum absolute atomic E-state index is 5.67. The van der Waals surface area contributed by atoms with E-state index in [1.165, 1.54) is 0 Å². The molecule has 0 radical (unpaired) electrons. The molecule has 3 aromatic rings. The average molecular weight is 298 g/mol. The van der Waals surface area contributed by atoms with Crippen molar-refractivity contribution in [3.05, 3.63) is 60.5 Å². The Bertz CT molecular complexity index is 696. The van der Waals surface area contributed by atoms with Crippen LogP contribution in [0.25, 0.3) is 11.5 Å². The standard InChI is InChI=1S/C16H14N2O2S/c1-19-13-7-9-14(10-8-13)21-11-15-17-18-16(20-15)12-5-3-2-4-6-12/h2-10H,11H2,1H3. The summed E-state index contributed by atoms with van der Waals surface area (Å²) in [5.41, 5.74) is 0.936. The molecule has 106 valence electrons. The van der Waals surface area contributed by atoms with Gasteiger partial charge in [0.05, 0.1) is 12.9 Å². The summed E-state index contributed by atoms with van der Waals surface area (Å²) in [7, 11) is 1.66. The number of benzene rings is 2. The first kappa shape index (κ1) is 13.7. The third kappa shape index (κ3) is 3.44. The summed E-state index contributed by atoms with van der Waals surface area (Å²) in [6.07, 6.45) is 0.